The number of hydrogen-bond acceptors (Lipinski definition) is 7. The lowest BCUT2D eigenvalue weighted by molar-refractivity contribution is 0.355. The van der Waals surface area contributed by atoms with E-state index in [-0.39, 0.29) is 0 Å². The molecule has 0 saturated carbocycles. The molecule has 0 radical (unpaired) electrons. The van der Waals surface area contributed by atoms with Gasteiger partial charge in [-0.15, -0.1) is 5.10 Å². The molecule has 7 nitrogen and oxygen atoms in total. The van der Waals surface area contributed by atoms with Crippen LogP contribution in [-0.2, 0) is 12.2 Å². The van der Waals surface area contributed by atoms with Crippen LogP contribution in [0.1, 0.15) is 18.3 Å². The van der Waals surface area contributed by atoms with Crippen LogP contribution in [0.15, 0.2) is 41.6 Å². The van der Waals surface area contributed by atoms with Gasteiger partial charge in [0.15, 0.2) is 28.1 Å². The highest BCUT2D eigenvalue weighted by atomic mass is 32.2. The molecule has 4 aromatic rings. The predicted octanol–water partition coefficient (Wildman–Crippen LogP) is 4.16. The number of hydrogen-bond donors (Lipinski definition) is 0. The van der Waals surface area contributed by atoms with Crippen molar-refractivity contribution >= 4 is 28.3 Å². The van der Waals surface area contributed by atoms with Gasteiger partial charge in [0.25, 0.3) is 0 Å². The maximum Gasteiger partial charge on any atom is 0.191 e. The quantitative estimate of drug-likeness (QED) is 0.335. The minimum atomic E-state index is 0.635. The monoisotopic (exact) mass is 410 g/mol. The molecule has 0 amide bonds. The molecule has 0 fully saturated rings. The average molecular weight is 410 g/mol. The molecule has 0 N–H and O–H groups in total. The van der Waals surface area contributed by atoms with Crippen molar-refractivity contribution in [2.45, 2.75) is 24.3 Å². The van der Waals surface area contributed by atoms with E-state index in [0.717, 1.165) is 51.0 Å². The van der Waals surface area contributed by atoms with E-state index in [0.29, 0.717) is 11.5 Å². The van der Waals surface area contributed by atoms with Crippen molar-refractivity contribution in [1.29, 1.82) is 0 Å². The molecule has 0 saturated heterocycles. The van der Waals surface area contributed by atoms with Crippen LogP contribution < -0.4 is 14.2 Å². The summed E-state index contributed by atoms with van der Waals surface area (Å²) in [5.74, 6) is 3.62. The van der Waals surface area contributed by atoms with Crippen LogP contribution in [0.5, 0.6) is 17.2 Å². The van der Waals surface area contributed by atoms with Gasteiger partial charge in [0.2, 0.25) is 0 Å². The van der Waals surface area contributed by atoms with E-state index in [1.54, 1.807) is 33.1 Å². The number of rotatable bonds is 7. The van der Waals surface area contributed by atoms with E-state index in [2.05, 4.69) is 11.2 Å². The third kappa shape index (κ3) is 3.67. The molecule has 2 heterocycles. The van der Waals surface area contributed by atoms with Crippen LogP contribution in [0.25, 0.3) is 16.6 Å². The van der Waals surface area contributed by atoms with Crippen molar-refractivity contribution in [1.82, 2.24) is 19.6 Å². The van der Waals surface area contributed by atoms with E-state index < -0.39 is 0 Å². The Morgan fingerprint density at radius 3 is 2.48 bits per heavy atom. The Hall–Kier alpha value is -3.00. The molecule has 0 aliphatic heterocycles. The first kappa shape index (κ1) is 19.3. The van der Waals surface area contributed by atoms with Gasteiger partial charge in [-0.05, 0) is 23.8 Å². The second kappa shape index (κ2) is 8.16. The first-order chi connectivity index (χ1) is 14.2. The molecule has 0 atom stereocenters. The van der Waals surface area contributed by atoms with Crippen molar-refractivity contribution in [3.05, 3.63) is 47.8 Å². The van der Waals surface area contributed by atoms with E-state index in [1.807, 2.05) is 41.8 Å². The van der Waals surface area contributed by atoms with Crippen LogP contribution in [0.3, 0.4) is 0 Å². The predicted molar refractivity (Wildman–Crippen MR) is 113 cm³/mol. The zero-order chi connectivity index (χ0) is 20.4. The third-order valence-corrected chi connectivity index (χ3v) is 5.61. The molecule has 0 aliphatic carbocycles. The molecule has 8 heteroatoms. The lowest BCUT2D eigenvalue weighted by Gasteiger charge is -2.11. The second-order valence-corrected chi connectivity index (χ2v) is 7.32. The normalized spacial score (nSPS) is 11.2. The number of thioether (sulfide) groups is 1. The van der Waals surface area contributed by atoms with Crippen LogP contribution >= 0.6 is 11.8 Å². The van der Waals surface area contributed by atoms with E-state index in [4.69, 9.17) is 24.2 Å². The summed E-state index contributed by atoms with van der Waals surface area (Å²) in [5.41, 5.74) is 2.70. The molecule has 0 unspecified atom stereocenters. The Labute approximate surface area is 173 Å². The number of aryl methyl sites for hydroxylation is 1. The highest BCUT2D eigenvalue weighted by Gasteiger charge is 2.16. The fourth-order valence-electron chi connectivity index (χ4n) is 3.11. The van der Waals surface area contributed by atoms with Crippen molar-refractivity contribution in [2.75, 3.05) is 21.3 Å². The number of nitrogens with zero attached hydrogens (tertiary/aromatic N) is 4. The fourth-order valence-corrected chi connectivity index (χ4v) is 3.99. The van der Waals surface area contributed by atoms with Gasteiger partial charge in [-0.3, -0.25) is 0 Å². The van der Waals surface area contributed by atoms with Gasteiger partial charge in [0.1, 0.15) is 5.75 Å². The van der Waals surface area contributed by atoms with Gasteiger partial charge in [0.05, 0.1) is 26.8 Å². The Balaban J connectivity index is 1.81. The highest BCUT2D eigenvalue weighted by molar-refractivity contribution is 7.98. The smallest absolute Gasteiger partial charge is 0.191 e. The summed E-state index contributed by atoms with van der Waals surface area (Å²) in [6.07, 6.45) is 0.746. The summed E-state index contributed by atoms with van der Waals surface area (Å²) < 4.78 is 18.0. The summed E-state index contributed by atoms with van der Waals surface area (Å²) in [6.45, 7) is 2.04. The van der Waals surface area contributed by atoms with Crippen molar-refractivity contribution in [2.24, 2.45) is 0 Å². The zero-order valence-corrected chi connectivity index (χ0v) is 17.6. The number of aromatic nitrogens is 4. The van der Waals surface area contributed by atoms with Crippen LogP contribution in [0.4, 0.5) is 0 Å². The molecule has 0 aliphatic rings. The average Bonchev–Trinajstić information content (AvgIpc) is 3.21. The summed E-state index contributed by atoms with van der Waals surface area (Å²) in [6, 6.07) is 11.8. The van der Waals surface area contributed by atoms with Crippen LogP contribution in [-0.4, -0.2) is 40.9 Å². The van der Waals surface area contributed by atoms with Gasteiger partial charge in [-0.25, -0.2) is 9.97 Å². The first-order valence-corrected chi connectivity index (χ1v) is 10.2. The topological polar surface area (TPSA) is 70.8 Å². The lowest BCUT2D eigenvalue weighted by atomic mass is 10.2. The Bertz CT molecular complexity index is 1180. The van der Waals surface area contributed by atoms with Gasteiger partial charge in [0, 0.05) is 23.6 Å². The number of methoxy groups -OCH3 is 3. The van der Waals surface area contributed by atoms with Gasteiger partial charge in [-0.1, -0.05) is 30.8 Å². The Morgan fingerprint density at radius 2 is 1.76 bits per heavy atom. The summed E-state index contributed by atoms with van der Waals surface area (Å²) in [5, 5.41) is 6.30. The van der Waals surface area contributed by atoms with Crippen molar-refractivity contribution in [3.63, 3.8) is 0 Å². The van der Waals surface area contributed by atoms with E-state index in [1.165, 1.54) is 0 Å². The SMILES string of the molecule is CCc1nc2c3cc(OC)c(OC)cc3nc(SCc3cccc(OC)c3)n2n1. The number of ether oxygens (including phenoxy) is 3. The van der Waals surface area contributed by atoms with Gasteiger partial charge < -0.3 is 14.2 Å². The van der Waals surface area contributed by atoms with Gasteiger partial charge >= 0.3 is 0 Å². The molecule has 0 spiro atoms. The minimum absolute atomic E-state index is 0.635. The lowest BCUT2D eigenvalue weighted by Crippen LogP contribution is -2.00. The minimum Gasteiger partial charge on any atom is -0.497 e. The standard InChI is InChI=1S/C21H22N4O3S/c1-5-19-23-20-15-10-17(27-3)18(28-4)11-16(15)22-21(25(20)24-19)29-12-13-7-6-8-14(9-13)26-2/h6-11H,5,12H2,1-4H3. The molecular formula is C21H22N4O3S. The van der Waals surface area contributed by atoms with Crippen LogP contribution in [0.2, 0.25) is 0 Å². The maximum absolute atomic E-state index is 5.46. The maximum atomic E-state index is 5.46. The van der Waals surface area contributed by atoms with Gasteiger partial charge in [-0.2, -0.15) is 4.52 Å². The van der Waals surface area contributed by atoms with Crippen LogP contribution in [0, 0.1) is 0 Å². The molecule has 29 heavy (non-hydrogen) atoms. The zero-order valence-electron chi connectivity index (χ0n) is 16.8. The largest absolute Gasteiger partial charge is 0.497 e. The highest BCUT2D eigenvalue weighted by Crippen LogP contribution is 2.35. The summed E-state index contributed by atoms with van der Waals surface area (Å²) in [4.78, 5) is 9.56. The second-order valence-electron chi connectivity index (χ2n) is 6.38. The molecule has 2 aromatic carbocycles. The Kier molecular flexibility index (Phi) is 5.44. The summed E-state index contributed by atoms with van der Waals surface area (Å²) in [7, 11) is 4.91. The third-order valence-electron chi connectivity index (χ3n) is 4.61. The molecule has 150 valence electrons. The number of fused-ring (bicyclic) bond motifs is 3. The fraction of sp³-hybridized carbons (Fsp3) is 0.286. The Morgan fingerprint density at radius 1 is 0.966 bits per heavy atom. The summed E-state index contributed by atoms with van der Waals surface area (Å²) >= 11 is 1.61. The van der Waals surface area contributed by atoms with E-state index in [9.17, 15) is 0 Å². The number of benzene rings is 2. The van der Waals surface area contributed by atoms with E-state index >= 15 is 0 Å². The molecule has 2 aromatic heterocycles. The molecule has 0 bridgehead atoms. The first-order valence-electron chi connectivity index (χ1n) is 9.24. The molecule has 4 rings (SSSR count). The van der Waals surface area contributed by atoms with Crippen molar-refractivity contribution < 1.29 is 14.2 Å². The molecular weight excluding hydrogens is 388 g/mol. The van der Waals surface area contributed by atoms with Crippen molar-refractivity contribution in [3.8, 4) is 17.2 Å².